The number of nitrogens with one attached hydrogen (secondary N) is 1. The van der Waals surface area contributed by atoms with Crippen LogP contribution in [0.1, 0.15) is 55.5 Å². The second kappa shape index (κ2) is 6.38. The average molecular weight is 328 g/mol. The molecule has 2 fully saturated rings. The number of nitrogens with zero attached hydrogens (tertiary/aromatic N) is 1. The number of rotatable bonds is 4. The van der Waals surface area contributed by atoms with Crippen LogP contribution in [0.2, 0.25) is 0 Å². The van der Waals surface area contributed by atoms with Crippen molar-refractivity contribution in [2.75, 3.05) is 6.54 Å². The molecule has 5 nitrogen and oxygen atoms in total. The zero-order chi connectivity index (χ0) is 17.3. The van der Waals surface area contributed by atoms with Gasteiger partial charge in [0.15, 0.2) is 5.78 Å². The maximum Gasteiger partial charge on any atom is 0.325 e. The molecule has 2 aliphatic rings. The van der Waals surface area contributed by atoms with E-state index < -0.39 is 11.6 Å². The third kappa shape index (κ3) is 2.72. The Kier molecular flexibility index (Phi) is 4.43. The summed E-state index contributed by atoms with van der Waals surface area (Å²) in [6.45, 7) is 3.87. The van der Waals surface area contributed by atoms with E-state index in [2.05, 4.69) is 12.2 Å². The molecule has 2 atom stereocenters. The second-order valence-corrected chi connectivity index (χ2v) is 6.91. The number of benzene rings is 1. The summed E-state index contributed by atoms with van der Waals surface area (Å²) in [6, 6.07) is 6.90. The Morgan fingerprint density at radius 2 is 1.96 bits per heavy atom. The topological polar surface area (TPSA) is 66.5 Å². The fourth-order valence-electron chi connectivity index (χ4n) is 3.80. The van der Waals surface area contributed by atoms with Crippen LogP contribution in [0.5, 0.6) is 0 Å². The molecule has 0 aromatic heterocycles. The van der Waals surface area contributed by atoms with Crippen LogP contribution in [0.25, 0.3) is 0 Å². The third-order valence-corrected chi connectivity index (χ3v) is 5.49. The summed E-state index contributed by atoms with van der Waals surface area (Å²) >= 11 is 0. The van der Waals surface area contributed by atoms with E-state index in [1.54, 1.807) is 12.1 Å². The summed E-state index contributed by atoms with van der Waals surface area (Å²) in [5.74, 6) is -0.341. The lowest BCUT2D eigenvalue weighted by Gasteiger charge is -2.36. The first-order valence-electron chi connectivity index (χ1n) is 8.74. The summed E-state index contributed by atoms with van der Waals surface area (Å²) in [6.07, 6.45) is 4.49. The van der Waals surface area contributed by atoms with E-state index in [9.17, 15) is 14.4 Å². The predicted octanol–water partition coefficient (Wildman–Crippen LogP) is 2.93. The van der Waals surface area contributed by atoms with Gasteiger partial charge in [-0.25, -0.2) is 4.79 Å². The van der Waals surface area contributed by atoms with E-state index in [0.29, 0.717) is 12.0 Å². The number of aryl methyl sites for hydroxylation is 1. The van der Waals surface area contributed by atoms with Crippen molar-refractivity contribution >= 4 is 17.7 Å². The van der Waals surface area contributed by atoms with Gasteiger partial charge in [-0.3, -0.25) is 14.5 Å². The molecule has 0 unspecified atom stereocenters. The SMILES string of the molecule is CCc1ccc(C(=O)CN2C(=O)N[C@]3(CCCC[C@H]3C)C2=O)cc1. The minimum absolute atomic E-state index is 0.103. The van der Waals surface area contributed by atoms with Crippen LogP contribution in [-0.2, 0) is 11.2 Å². The molecule has 1 aliphatic heterocycles. The van der Waals surface area contributed by atoms with Crippen LogP contribution < -0.4 is 5.32 Å². The van der Waals surface area contributed by atoms with Gasteiger partial charge in [-0.1, -0.05) is 51.0 Å². The van der Waals surface area contributed by atoms with Gasteiger partial charge in [0.25, 0.3) is 5.91 Å². The number of Topliss-reactive ketones (excluding diaryl/α,β-unsaturated/α-hetero) is 1. The number of carbonyl (C=O) groups is 3. The Hall–Kier alpha value is -2.17. The fourth-order valence-corrected chi connectivity index (χ4v) is 3.80. The number of ketones is 1. The number of imide groups is 1. The van der Waals surface area contributed by atoms with Gasteiger partial charge in [0.2, 0.25) is 0 Å². The van der Waals surface area contributed by atoms with Crippen molar-refractivity contribution in [1.29, 1.82) is 0 Å². The molecule has 1 aliphatic carbocycles. The summed E-state index contributed by atoms with van der Waals surface area (Å²) in [5, 5.41) is 2.88. The second-order valence-electron chi connectivity index (χ2n) is 6.91. The van der Waals surface area contributed by atoms with Crippen LogP contribution in [0.15, 0.2) is 24.3 Å². The van der Waals surface area contributed by atoms with Crippen LogP contribution >= 0.6 is 0 Å². The smallest absolute Gasteiger partial charge is 0.323 e. The van der Waals surface area contributed by atoms with E-state index in [1.807, 2.05) is 19.1 Å². The number of hydrogen-bond acceptors (Lipinski definition) is 3. The van der Waals surface area contributed by atoms with Gasteiger partial charge in [-0.2, -0.15) is 0 Å². The normalized spacial score (nSPS) is 26.8. The Morgan fingerprint density at radius 1 is 1.25 bits per heavy atom. The molecule has 3 amide bonds. The van der Waals surface area contributed by atoms with Crippen molar-refractivity contribution in [2.24, 2.45) is 5.92 Å². The largest absolute Gasteiger partial charge is 0.325 e. The summed E-state index contributed by atoms with van der Waals surface area (Å²) in [5.41, 5.74) is 0.878. The average Bonchev–Trinajstić information content (AvgIpc) is 2.82. The van der Waals surface area contributed by atoms with E-state index in [4.69, 9.17) is 0 Å². The first kappa shape index (κ1) is 16.7. The molecule has 1 saturated heterocycles. The quantitative estimate of drug-likeness (QED) is 0.682. The molecule has 1 heterocycles. The standard InChI is InChI=1S/C19H24N2O3/c1-3-14-7-9-15(10-8-14)16(22)12-21-17(23)19(20-18(21)24)11-5-4-6-13(19)2/h7-10,13H,3-6,11-12H2,1-2H3,(H,20,24)/t13-,19+/m1/s1. The molecule has 1 aromatic rings. The van der Waals surface area contributed by atoms with E-state index in [-0.39, 0.29) is 24.2 Å². The molecule has 0 radical (unpaired) electrons. The van der Waals surface area contributed by atoms with Crippen LogP contribution in [0.4, 0.5) is 4.79 Å². The highest BCUT2D eigenvalue weighted by Gasteiger charge is 2.55. The molecular formula is C19H24N2O3. The minimum atomic E-state index is -0.804. The predicted molar refractivity (Wildman–Crippen MR) is 90.8 cm³/mol. The summed E-state index contributed by atoms with van der Waals surface area (Å²) < 4.78 is 0. The minimum Gasteiger partial charge on any atom is -0.323 e. The van der Waals surface area contributed by atoms with Crippen molar-refractivity contribution in [1.82, 2.24) is 10.2 Å². The lowest BCUT2D eigenvalue weighted by Crippen LogP contribution is -2.54. The van der Waals surface area contributed by atoms with E-state index in [0.717, 1.165) is 36.1 Å². The maximum atomic E-state index is 12.9. The number of hydrogen-bond donors (Lipinski definition) is 1. The molecule has 1 saturated carbocycles. The zero-order valence-corrected chi connectivity index (χ0v) is 14.3. The van der Waals surface area contributed by atoms with Crippen molar-refractivity contribution in [3.63, 3.8) is 0 Å². The highest BCUT2D eigenvalue weighted by atomic mass is 16.2. The van der Waals surface area contributed by atoms with Crippen molar-refractivity contribution in [3.8, 4) is 0 Å². The summed E-state index contributed by atoms with van der Waals surface area (Å²) in [7, 11) is 0. The monoisotopic (exact) mass is 328 g/mol. The molecule has 1 spiro atoms. The van der Waals surface area contributed by atoms with Gasteiger partial charge in [0.1, 0.15) is 5.54 Å². The van der Waals surface area contributed by atoms with Gasteiger partial charge in [-0.05, 0) is 30.7 Å². The molecule has 5 heteroatoms. The maximum absolute atomic E-state index is 12.9. The lowest BCUT2D eigenvalue weighted by atomic mass is 9.73. The number of urea groups is 1. The van der Waals surface area contributed by atoms with Crippen LogP contribution in [0.3, 0.4) is 0 Å². The highest BCUT2D eigenvalue weighted by Crippen LogP contribution is 2.38. The van der Waals surface area contributed by atoms with Gasteiger partial charge in [-0.15, -0.1) is 0 Å². The van der Waals surface area contributed by atoms with Crippen LogP contribution in [-0.4, -0.2) is 34.7 Å². The van der Waals surface area contributed by atoms with Gasteiger partial charge in [0, 0.05) is 5.56 Å². The molecule has 3 rings (SSSR count). The summed E-state index contributed by atoms with van der Waals surface area (Å²) in [4.78, 5) is 38.7. The molecular weight excluding hydrogens is 304 g/mol. The first-order chi connectivity index (χ1) is 11.5. The molecule has 0 bridgehead atoms. The third-order valence-electron chi connectivity index (χ3n) is 5.49. The highest BCUT2D eigenvalue weighted by molar-refractivity contribution is 6.11. The molecule has 24 heavy (non-hydrogen) atoms. The lowest BCUT2D eigenvalue weighted by molar-refractivity contribution is -0.133. The fraction of sp³-hybridized carbons (Fsp3) is 0.526. The van der Waals surface area contributed by atoms with Gasteiger partial charge >= 0.3 is 6.03 Å². The van der Waals surface area contributed by atoms with Crippen LogP contribution in [0, 0.1) is 5.92 Å². The molecule has 1 N–H and O–H groups in total. The van der Waals surface area contributed by atoms with Gasteiger partial charge in [0.05, 0.1) is 6.54 Å². The Balaban J connectivity index is 1.76. The van der Waals surface area contributed by atoms with Crippen molar-refractivity contribution in [3.05, 3.63) is 35.4 Å². The Labute approximate surface area is 142 Å². The zero-order valence-electron chi connectivity index (χ0n) is 14.3. The Bertz CT molecular complexity index is 668. The first-order valence-corrected chi connectivity index (χ1v) is 8.74. The van der Waals surface area contributed by atoms with E-state index >= 15 is 0 Å². The number of amides is 3. The molecule has 128 valence electrons. The van der Waals surface area contributed by atoms with Gasteiger partial charge < -0.3 is 5.32 Å². The van der Waals surface area contributed by atoms with Crippen molar-refractivity contribution in [2.45, 2.75) is 51.5 Å². The van der Waals surface area contributed by atoms with Crippen molar-refractivity contribution < 1.29 is 14.4 Å². The Morgan fingerprint density at radius 3 is 2.58 bits per heavy atom. The van der Waals surface area contributed by atoms with E-state index in [1.165, 1.54) is 0 Å². The molecule has 1 aromatic carbocycles. The number of carbonyl (C=O) groups excluding carboxylic acids is 3.